The van der Waals surface area contributed by atoms with E-state index in [1.54, 1.807) is 5.56 Å². The molecule has 0 radical (unpaired) electrons. The summed E-state index contributed by atoms with van der Waals surface area (Å²) in [5.74, 6) is 0. The molecule has 118 valence electrons. The Hall–Kier alpha value is 1.11. The van der Waals surface area contributed by atoms with Crippen molar-refractivity contribution in [3.8, 4) is 0 Å². The fourth-order valence-electron chi connectivity index (χ4n) is 1.96. The third-order valence-electron chi connectivity index (χ3n) is 2.89. The van der Waals surface area contributed by atoms with E-state index in [9.17, 15) is 0 Å². The monoisotopic (exact) mass is 614 g/mol. The van der Waals surface area contributed by atoms with Crippen LogP contribution in [0.1, 0.15) is 38.8 Å². The van der Waals surface area contributed by atoms with Gasteiger partial charge in [-0.15, -0.1) is 13.2 Å². The Bertz CT molecular complexity index is 329. The van der Waals surface area contributed by atoms with E-state index in [1.807, 2.05) is 13.8 Å². The van der Waals surface area contributed by atoms with Gasteiger partial charge >= 0.3 is 50.5 Å². The van der Waals surface area contributed by atoms with E-state index in [1.165, 1.54) is 18.5 Å². The first-order valence-corrected chi connectivity index (χ1v) is 19.4. The van der Waals surface area contributed by atoms with Crippen molar-refractivity contribution in [3.63, 3.8) is 0 Å². The van der Waals surface area contributed by atoms with Crippen LogP contribution in [-0.2, 0) is 13.0 Å². The van der Waals surface area contributed by atoms with Gasteiger partial charge in [0.2, 0.25) is 0 Å². The normalized spacial score (nSPS) is 12.9. The molecule has 1 aliphatic rings. The number of halogens is 3. The molecule has 0 bridgehead atoms. The number of hydrogen-bond acceptors (Lipinski definition) is 1. The van der Waals surface area contributed by atoms with E-state index in [0.29, 0.717) is 19.3 Å². The Balaban J connectivity index is 0. The molecule has 0 unspecified atom stereocenters. The summed E-state index contributed by atoms with van der Waals surface area (Å²) in [7, 11) is 0. The molecule has 0 spiro atoms. The fraction of sp³-hybridized carbons (Fsp3) is 0.500. The van der Waals surface area contributed by atoms with Crippen molar-refractivity contribution in [1.29, 1.82) is 0 Å². The first-order chi connectivity index (χ1) is 9.69. The molecule has 4 heteroatoms. The number of nitrogens with zero attached hydrogens (tertiary/aromatic N) is 1. The second kappa shape index (κ2) is 16.5. The molecule has 1 nitrogen and oxygen atoms in total. The molecule has 0 aliphatic carbocycles. The van der Waals surface area contributed by atoms with Gasteiger partial charge in [0.05, 0.1) is 0 Å². The maximum atomic E-state index is 3.00. The van der Waals surface area contributed by atoms with Gasteiger partial charge in [-0.05, 0) is 31.4 Å². The van der Waals surface area contributed by atoms with Crippen LogP contribution in [0.15, 0.2) is 37.4 Å². The third-order valence-corrected chi connectivity index (χ3v) is 2.89. The Labute approximate surface area is 155 Å². The van der Waals surface area contributed by atoms with E-state index in [4.69, 9.17) is 0 Å². The molecule has 1 aromatic rings. The molecule has 0 saturated carbocycles. The summed E-state index contributed by atoms with van der Waals surface area (Å²) in [6.07, 6.45) is 1.22. The average Bonchev–Trinajstić information content (AvgIpc) is 2.51. The van der Waals surface area contributed by atoms with Crippen molar-refractivity contribution in [3.05, 3.63) is 48.6 Å². The van der Waals surface area contributed by atoms with Gasteiger partial charge in [0.15, 0.2) is 0 Å². The third kappa shape index (κ3) is 9.94. The molecule has 2 rings (SSSR count). The molecule has 0 atom stereocenters. The van der Waals surface area contributed by atoms with E-state index in [2.05, 4.69) is 93.4 Å². The van der Waals surface area contributed by atoms with Gasteiger partial charge in [-0.25, -0.2) is 0 Å². The summed E-state index contributed by atoms with van der Waals surface area (Å²) in [4.78, 5) is 2.53. The van der Waals surface area contributed by atoms with Crippen LogP contribution in [0.5, 0.6) is 0 Å². The quantitative estimate of drug-likeness (QED) is 0.348. The average molecular weight is 614 g/mol. The summed E-state index contributed by atoms with van der Waals surface area (Å²) in [5.41, 5.74) is 3.06. The standard InChI is InChI=1S/C12H17N.C2H6.C2H4.I3/c1-10(2)13-8-7-11-5-3-4-6-12(11)9-13;2*1-2;1-3-2/h3-6,10H,7-9H2,1-2H3;1-2H3;1-2H2;/q;;;-1. The number of hydrogen-bond donors (Lipinski definition) is 0. The van der Waals surface area contributed by atoms with Gasteiger partial charge in [0.1, 0.15) is 0 Å². The van der Waals surface area contributed by atoms with Gasteiger partial charge in [-0.2, -0.15) is 0 Å². The number of rotatable bonds is 1. The van der Waals surface area contributed by atoms with E-state index >= 15 is 0 Å². The fourth-order valence-corrected chi connectivity index (χ4v) is 1.96. The van der Waals surface area contributed by atoms with Gasteiger partial charge in [0, 0.05) is 19.1 Å². The van der Waals surface area contributed by atoms with Crippen LogP contribution in [0.25, 0.3) is 0 Å². The molecule has 0 aromatic heterocycles. The first-order valence-electron chi connectivity index (χ1n) is 6.87. The molecule has 20 heavy (non-hydrogen) atoms. The van der Waals surface area contributed by atoms with Crippen LogP contribution < -0.4 is 13.3 Å². The van der Waals surface area contributed by atoms with Gasteiger partial charge in [-0.1, -0.05) is 38.1 Å². The molecular formula is C16H27I3N-. The molecular weight excluding hydrogens is 587 g/mol. The first kappa shape index (κ1) is 23.4. The van der Waals surface area contributed by atoms with Crippen molar-refractivity contribution in [2.45, 2.75) is 46.7 Å². The second-order valence-corrected chi connectivity index (χ2v) is 20.4. The second-order valence-electron chi connectivity index (χ2n) is 4.14. The van der Waals surface area contributed by atoms with Crippen LogP contribution in [0, 0.1) is 0 Å². The Kier molecular flexibility index (Phi) is 19.3. The summed E-state index contributed by atoms with van der Waals surface area (Å²) in [5, 5.41) is 0. The van der Waals surface area contributed by atoms with Crippen molar-refractivity contribution < 1.29 is 13.3 Å². The molecule has 1 aliphatic heterocycles. The van der Waals surface area contributed by atoms with Crippen LogP contribution in [-0.4, -0.2) is 17.5 Å². The minimum absolute atomic E-state index is 0.530. The molecule has 0 N–H and O–H groups in total. The van der Waals surface area contributed by atoms with Crippen LogP contribution in [0.4, 0.5) is 0 Å². The van der Waals surface area contributed by atoms with E-state index < -0.39 is 0 Å². The van der Waals surface area contributed by atoms with Crippen molar-refractivity contribution in [1.82, 2.24) is 4.90 Å². The van der Waals surface area contributed by atoms with Gasteiger partial charge in [0.25, 0.3) is 0 Å². The zero-order chi connectivity index (χ0) is 16.0. The zero-order valence-corrected chi connectivity index (χ0v) is 19.5. The Morgan fingerprint density at radius 1 is 1.10 bits per heavy atom. The van der Waals surface area contributed by atoms with Crippen LogP contribution in [0.2, 0.25) is 0 Å². The summed E-state index contributed by atoms with van der Waals surface area (Å²) < 4.78 is 0. The van der Waals surface area contributed by atoms with Crippen LogP contribution in [0.3, 0.4) is 0 Å². The molecule has 0 amide bonds. The van der Waals surface area contributed by atoms with Crippen molar-refractivity contribution in [2.75, 3.05) is 6.54 Å². The molecule has 1 heterocycles. The Morgan fingerprint density at radius 2 is 1.55 bits per heavy atom. The molecule has 0 saturated heterocycles. The molecule has 1 aromatic carbocycles. The van der Waals surface area contributed by atoms with Crippen LogP contribution >= 0.6 is 37.2 Å². The topological polar surface area (TPSA) is 3.24 Å². The predicted octanol–water partition coefficient (Wildman–Crippen LogP) is 3.06. The van der Waals surface area contributed by atoms with E-state index in [-0.39, 0.29) is 0 Å². The summed E-state index contributed by atoms with van der Waals surface area (Å²) >= 11 is 5.30. The minimum atomic E-state index is 0.530. The zero-order valence-electron chi connectivity index (χ0n) is 13.0. The van der Waals surface area contributed by atoms with Crippen molar-refractivity contribution >= 4 is 37.2 Å². The van der Waals surface area contributed by atoms with Gasteiger partial charge < -0.3 is 0 Å². The number of benzene rings is 1. The maximum absolute atomic E-state index is 3.00. The Morgan fingerprint density at radius 3 is 2.00 bits per heavy atom. The molecule has 0 fully saturated rings. The SMILES string of the molecule is C=C.CC.CC(C)N1CCc2ccccc2C1.I[I-]I. The van der Waals surface area contributed by atoms with E-state index in [0.717, 1.165) is 6.54 Å². The summed E-state index contributed by atoms with van der Waals surface area (Å²) in [6, 6.07) is 9.47. The summed E-state index contributed by atoms with van der Waals surface area (Å²) in [6.45, 7) is 16.9. The predicted molar refractivity (Wildman–Crippen MR) is 106 cm³/mol. The van der Waals surface area contributed by atoms with Crippen molar-refractivity contribution in [2.24, 2.45) is 0 Å². The van der Waals surface area contributed by atoms with Gasteiger partial charge in [-0.3, -0.25) is 4.90 Å². The number of fused-ring (bicyclic) bond motifs is 1.